The fraction of sp³-hybridized carbons (Fsp3) is 0.311. The maximum atomic E-state index is 14.0. The van der Waals surface area contributed by atoms with Crippen molar-refractivity contribution in [1.82, 2.24) is 15.1 Å². The molecule has 3 N–H and O–H groups in total. The van der Waals surface area contributed by atoms with E-state index in [4.69, 9.17) is 9.15 Å². The average molecular weight is 851 g/mol. The SMILES string of the molecule is CCCN(CC(=O)Nc1ccc(-c2oc3ccc(NC(=O)[C@@H]4CCCN4C(=O)[C@H](NC(=O)OC(C)(C)C)c4ccccc4)cc3c2Br)cc1)C(=O)Cc1ccccc1. The van der Waals surface area contributed by atoms with Crippen LogP contribution in [0.3, 0.4) is 0 Å². The first-order chi connectivity index (χ1) is 27.8. The Balaban J connectivity index is 1.10. The maximum absolute atomic E-state index is 14.0. The molecule has 2 heterocycles. The molecule has 58 heavy (non-hydrogen) atoms. The van der Waals surface area contributed by atoms with Crippen LogP contribution in [0.1, 0.15) is 64.1 Å². The van der Waals surface area contributed by atoms with Gasteiger partial charge in [-0.1, -0.05) is 67.6 Å². The molecule has 13 heteroatoms. The number of amides is 5. The summed E-state index contributed by atoms with van der Waals surface area (Å²) in [5.41, 5.74) is 3.16. The lowest BCUT2D eigenvalue weighted by atomic mass is 10.0. The van der Waals surface area contributed by atoms with Gasteiger partial charge in [-0.3, -0.25) is 19.2 Å². The van der Waals surface area contributed by atoms with E-state index in [9.17, 15) is 24.0 Å². The van der Waals surface area contributed by atoms with Gasteiger partial charge in [0.05, 0.1) is 17.4 Å². The summed E-state index contributed by atoms with van der Waals surface area (Å²) in [4.78, 5) is 69.6. The molecule has 6 rings (SSSR count). The molecule has 5 aromatic rings. The zero-order valence-corrected chi connectivity index (χ0v) is 34.6. The van der Waals surface area contributed by atoms with Crippen molar-refractivity contribution >= 4 is 68.0 Å². The van der Waals surface area contributed by atoms with Gasteiger partial charge in [0, 0.05) is 35.4 Å². The molecule has 12 nitrogen and oxygen atoms in total. The Morgan fingerprint density at radius 3 is 2.24 bits per heavy atom. The van der Waals surface area contributed by atoms with Crippen molar-refractivity contribution < 1.29 is 33.1 Å². The van der Waals surface area contributed by atoms with Crippen molar-refractivity contribution in [3.63, 3.8) is 0 Å². The number of carbonyl (C=O) groups excluding carboxylic acids is 5. The van der Waals surface area contributed by atoms with Crippen LogP contribution in [0.25, 0.3) is 22.3 Å². The second kappa shape index (κ2) is 18.5. The summed E-state index contributed by atoms with van der Waals surface area (Å²) in [6.45, 7) is 8.00. The first kappa shape index (κ1) is 41.7. The Labute approximate surface area is 346 Å². The number of hydrogen-bond acceptors (Lipinski definition) is 7. The van der Waals surface area contributed by atoms with Gasteiger partial charge in [0.25, 0.3) is 5.91 Å². The zero-order valence-electron chi connectivity index (χ0n) is 33.0. The highest BCUT2D eigenvalue weighted by molar-refractivity contribution is 9.10. The number of halogens is 1. The van der Waals surface area contributed by atoms with E-state index in [1.165, 1.54) is 4.90 Å². The summed E-state index contributed by atoms with van der Waals surface area (Å²) >= 11 is 3.69. The molecule has 5 amide bonds. The number of hydrogen-bond donors (Lipinski definition) is 3. The molecule has 1 aliphatic heterocycles. The number of likely N-dealkylation sites (tertiary alicyclic amines) is 1. The van der Waals surface area contributed by atoms with Crippen LogP contribution in [-0.4, -0.2) is 70.8 Å². The van der Waals surface area contributed by atoms with E-state index < -0.39 is 29.7 Å². The van der Waals surface area contributed by atoms with Gasteiger partial charge in [-0.15, -0.1) is 0 Å². The lowest BCUT2D eigenvalue weighted by Gasteiger charge is -2.29. The van der Waals surface area contributed by atoms with Crippen LogP contribution >= 0.6 is 15.9 Å². The largest absolute Gasteiger partial charge is 0.455 e. The predicted molar refractivity (Wildman–Crippen MR) is 227 cm³/mol. The number of benzene rings is 4. The molecule has 0 saturated carbocycles. The molecule has 0 spiro atoms. The van der Waals surface area contributed by atoms with Gasteiger partial charge in [-0.25, -0.2) is 4.79 Å². The average Bonchev–Trinajstić information content (AvgIpc) is 3.82. The summed E-state index contributed by atoms with van der Waals surface area (Å²) in [6, 6.07) is 29.1. The Morgan fingerprint density at radius 2 is 1.57 bits per heavy atom. The third kappa shape index (κ3) is 10.5. The molecule has 1 saturated heterocycles. The number of carbonyl (C=O) groups is 5. The van der Waals surface area contributed by atoms with Gasteiger partial charge in [0.15, 0.2) is 0 Å². The van der Waals surface area contributed by atoms with Gasteiger partial charge >= 0.3 is 6.09 Å². The minimum Gasteiger partial charge on any atom is -0.455 e. The molecule has 1 aliphatic rings. The Bertz CT molecular complexity index is 2250. The molecule has 2 atom stereocenters. The third-order valence-corrected chi connectivity index (χ3v) is 10.4. The van der Waals surface area contributed by atoms with Crippen molar-refractivity contribution in [3.05, 3.63) is 119 Å². The number of rotatable bonds is 13. The van der Waals surface area contributed by atoms with Crippen LogP contribution in [0.2, 0.25) is 0 Å². The van der Waals surface area contributed by atoms with Crippen molar-refractivity contribution in [2.45, 2.75) is 71.1 Å². The van der Waals surface area contributed by atoms with E-state index in [2.05, 4.69) is 31.9 Å². The van der Waals surface area contributed by atoms with E-state index in [0.717, 1.165) is 22.9 Å². The fourth-order valence-corrected chi connectivity index (χ4v) is 7.53. The van der Waals surface area contributed by atoms with E-state index in [0.29, 0.717) is 58.7 Å². The first-order valence-electron chi connectivity index (χ1n) is 19.4. The number of ether oxygens (including phenoxy) is 1. The standard InChI is InChI=1S/C45H48BrN5O7/c1-5-24-50(38(53)26-29-13-8-6-9-14-29)28-37(52)47-32-20-18-31(19-21-32)41-39(46)34-27-33(22-23-36(34)57-41)48-42(54)35-17-12-25-51(35)43(55)40(30-15-10-7-11-16-30)49-44(56)58-45(2,3)4/h6-11,13-16,18-23,27,35,40H,5,12,17,24-26,28H2,1-4H3,(H,47,52)(H,48,54)(H,49,56)/t35-,40+/m0/s1. The van der Waals surface area contributed by atoms with Crippen LogP contribution in [-0.2, 0) is 30.3 Å². The molecule has 4 aromatic carbocycles. The molecule has 0 unspecified atom stereocenters. The smallest absolute Gasteiger partial charge is 0.408 e. The van der Waals surface area contributed by atoms with Gasteiger partial charge in [-0.05, 0) is 110 Å². The van der Waals surface area contributed by atoms with Crippen LogP contribution in [0.15, 0.2) is 112 Å². The minimum absolute atomic E-state index is 0.0517. The van der Waals surface area contributed by atoms with E-state index in [-0.39, 0.29) is 30.7 Å². The van der Waals surface area contributed by atoms with Crippen molar-refractivity contribution in [2.75, 3.05) is 30.3 Å². The fourth-order valence-electron chi connectivity index (χ4n) is 6.91. The first-order valence-corrected chi connectivity index (χ1v) is 20.2. The summed E-state index contributed by atoms with van der Waals surface area (Å²) in [7, 11) is 0. The molecule has 0 radical (unpaired) electrons. The number of nitrogens with one attached hydrogen (secondary N) is 3. The molecule has 302 valence electrons. The van der Waals surface area contributed by atoms with Gasteiger partial charge in [-0.2, -0.15) is 0 Å². The molecular weight excluding hydrogens is 802 g/mol. The topological polar surface area (TPSA) is 150 Å². The number of furan rings is 1. The Hall–Kier alpha value is -5.95. The predicted octanol–water partition coefficient (Wildman–Crippen LogP) is 8.48. The summed E-state index contributed by atoms with van der Waals surface area (Å²) in [5.74, 6) is -0.571. The van der Waals surface area contributed by atoms with Crippen molar-refractivity contribution in [3.8, 4) is 11.3 Å². The third-order valence-electron chi connectivity index (χ3n) is 9.58. The summed E-state index contributed by atoms with van der Waals surface area (Å²) in [5, 5.41) is 9.32. The van der Waals surface area contributed by atoms with Gasteiger partial charge < -0.3 is 34.9 Å². The van der Waals surface area contributed by atoms with Crippen LogP contribution in [0, 0.1) is 0 Å². The van der Waals surface area contributed by atoms with Crippen LogP contribution < -0.4 is 16.0 Å². The molecule has 1 fully saturated rings. The molecule has 0 bridgehead atoms. The van der Waals surface area contributed by atoms with E-state index in [1.54, 1.807) is 80.3 Å². The Kier molecular flexibility index (Phi) is 13.3. The molecule has 0 aliphatic carbocycles. The number of alkyl carbamates (subject to hydrolysis) is 1. The van der Waals surface area contributed by atoms with Crippen LogP contribution in [0.4, 0.5) is 16.2 Å². The van der Waals surface area contributed by atoms with Gasteiger partial charge in [0.1, 0.15) is 29.0 Å². The number of fused-ring (bicyclic) bond motifs is 1. The highest BCUT2D eigenvalue weighted by atomic mass is 79.9. The van der Waals surface area contributed by atoms with Crippen LogP contribution in [0.5, 0.6) is 0 Å². The highest BCUT2D eigenvalue weighted by Gasteiger charge is 2.39. The minimum atomic E-state index is -1.04. The normalized spacial score (nSPS) is 14.4. The lowest BCUT2D eigenvalue weighted by Crippen LogP contribution is -2.49. The van der Waals surface area contributed by atoms with Gasteiger partial charge in [0.2, 0.25) is 17.7 Å². The second-order valence-corrected chi connectivity index (χ2v) is 16.0. The Morgan fingerprint density at radius 1 is 0.897 bits per heavy atom. The second-order valence-electron chi connectivity index (χ2n) is 15.2. The zero-order chi connectivity index (χ0) is 41.4. The quantitative estimate of drug-likeness (QED) is 0.108. The van der Waals surface area contributed by atoms with E-state index >= 15 is 0 Å². The molecule has 1 aromatic heterocycles. The number of anilines is 2. The lowest BCUT2D eigenvalue weighted by molar-refractivity contribution is -0.138. The monoisotopic (exact) mass is 849 g/mol. The number of nitrogens with zero attached hydrogens (tertiary/aromatic N) is 2. The highest BCUT2D eigenvalue weighted by Crippen LogP contribution is 2.39. The maximum Gasteiger partial charge on any atom is 0.408 e. The summed E-state index contributed by atoms with van der Waals surface area (Å²) < 4.78 is 12.3. The van der Waals surface area contributed by atoms with Crippen molar-refractivity contribution in [1.29, 1.82) is 0 Å². The van der Waals surface area contributed by atoms with Crippen molar-refractivity contribution in [2.24, 2.45) is 0 Å². The molecular formula is C45H48BrN5O7. The summed E-state index contributed by atoms with van der Waals surface area (Å²) in [6.07, 6.45) is 1.33. The van der Waals surface area contributed by atoms with E-state index in [1.807, 2.05) is 55.5 Å².